The van der Waals surface area contributed by atoms with Gasteiger partial charge in [-0.2, -0.15) is 5.26 Å². The van der Waals surface area contributed by atoms with E-state index in [2.05, 4.69) is 169 Å². The van der Waals surface area contributed by atoms with Crippen molar-refractivity contribution >= 4 is 11.0 Å². The first-order valence-electron chi connectivity index (χ1n) is 23.1. The molecule has 0 saturated carbocycles. The number of nitrogens with zero attached hydrogens (tertiary/aromatic N) is 4. The molecule has 334 valence electrons. The molecule has 0 N–H and O–H groups in total. The van der Waals surface area contributed by atoms with Gasteiger partial charge in [0.25, 0.3) is 0 Å². The molecule has 2 heterocycles. The third kappa shape index (κ3) is 9.42. The number of pyridine rings is 1. The van der Waals surface area contributed by atoms with E-state index in [-0.39, 0.29) is 32.9 Å². The topological polar surface area (TPSA) is 63.7 Å². The second-order valence-electron chi connectivity index (χ2n) is 18.3. The van der Waals surface area contributed by atoms with Crippen LogP contribution in [0.5, 0.6) is 11.5 Å². The van der Waals surface area contributed by atoms with Gasteiger partial charge in [-0.3, -0.25) is 4.98 Å². The van der Waals surface area contributed by atoms with Gasteiger partial charge in [0.15, 0.2) is 0 Å². The summed E-state index contributed by atoms with van der Waals surface area (Å²) in [4.78, 5) is 10.1. The average molecular weight is 1050 g/mol. The van der Waals surface area contributed by atoms with Crippen molar-refractivity contribution in [3.63, 3.8) is 0 Å². The summed E-state index contributed by atoms with van der Waals surface area (Å²) >= 11 is 0. The molecule has 6 heteroatoms. The molecule has 0 aliphatic heterocycles. The van der Waals surface area contributed by atoms with Crippen molar-refractivity contribution in [3.8, 4) is 79.3 Å². The van der Waals surface area contributed by atoms with Crippen LogP contribution in [0.4, 0.5) is 0 Å². The van der Waals surface area contributed by atoms with E-state index in [0.717, 1.165) is 44.7 Å². The van der Waals surface area contributed by atoms with Crippen LogP contribution >= 0.6 is 0 Å². The number of aromatic nitrogens is 3. The van der Waals surface area contributed by atoms with Gasteiger partial charge in [-0.25, -0.2) is 0 Å². The largest absolute Gasteiger partial charge is 2.00 e. The summed E-state index contributed by atoms with van der Waals surface area (Å²) in [5.74, 6) is 2.73. The van der Waals surface area contributed by atoms with E-state index in [4.69, 9.17) is 14.7 Å². The zero-order valence-electron chi connectivity index (χ0n) is 39.3. The molecular formula is C61H54N4OPt. The molecule has 0 radical (unpaired) electrons. The van der Waals surface area contributed by atoms with Gasteiger partial charge in [-0.15, -0.1) is 47.5 Å². The van der Waals surface area contributed by atoms with Gasteiger partial charge in [-0.1, -0.05) is 152 Å². The van der Waals surface area contributed by atoms with E-state index < -0.39 is 0 Å². The zero-order chi connectivity index (χ0) is 46.1. The van der Waals surface area contributed by atoms with E-state index >= 15 is 0 Å². The molecular weight excluding hydrogens is 1000 g/mol. The molecule has 9 rings (SSSR count). The van der Waals surface area contributed by atoms with Crippen LogP contribution in [-0.4, -0.2) is 14.5 Å². The number of benzene rings is 7. The van der Waals surface area contributed by atoms with Gasteiger partial charge in [0, 0.05) is 23.4 Å². The van der Waals surface area contributed by atoms with Crippen molar-refractivity contribution in [1.29, 1.82) is 5.26 Å². The molecule has 67 heavy (non-hydrogen) atoms. The first-order chi connectivity index (χ1) is 32.0. The van der Waals surface area contributed by atoms with Crippen LogP contribution < -0.4 is 4.74 Å². The Morgan fingerprint density at radius 1 is 0.522 bits per heavy atom. The average Bonchev–Trinajstić information content (AvgIpc) is 3.73. The van der Waals surface area contributed by atoms with E-state index in [1.54, 1.807) is 0 Å². The fraction of sp³-hybridized carbons (Fsp3) is 0.197. The Balaban J connectivity index is 0.00000608. The Hall–Kier alpha value is -6.86. The van der Waals surface area contributed by atoms with Crippen LogP contribution in [0, 0.1) is 23.5 Å². The minimum absolute atomic E-state index is 0. The maximum atomic E-state index is 10.5. The van der Waals surface area contributed by atoms with E-state index in [1.165, 1.54) is 44.5 Å². The zero-order valence-corrected chi connectivity index (χ0v) is 41.6. The summed E-state index contributed by atoms with van der Waals surface area (Å²) in [6.45, 7) is 18.0. The molecule has 0 unspecified atom stereocenters. The molecule has 0 spiro atoms. The number of fused-ring (bicyclic) bond motifs is 1. The van der Waals surface area contributed by atoms with Crippen molar-refractivity contribution in [1.82, 2.24) is 14.5 Å². The Morgan fingerprint density at radius 2 is 1.03 bits per heavy atom. The van der Waals surface area contributed by atoms with Crippen LogP contribution in [-0.2, 0) is 21.1 Å². The quantitative estimate of drug-likeness (QED) is 0.114. The van der Waals surface area contributed by atoms with Gasteiger partial charge < -0.3 is 14.3 Å². The summed E-state index contributed by atoms with van der Waals surface area (Å²) in [6.07, 6.45) is 1.90. The number of nitriles is 1. The molecule has 0 aliphatic rings. The summed E-state index contributed by atoms with van der Waals surface area (Å²) in [5, 5.41) is 10.5. The number of hydrogen-bond acceptors (Lipinski definition) is 4. The molecule has 2 aromatic heterocycles. The first-order valence-corrected chi connectivity index (χ1v) is 23.1. The van der Waals surface area contributed by atoms with Gasteiger partial charge in [-0.05, 0) is 115 Å². The number of para-hydroxylation sites is 1. The molecule has 5 nitrogen and oxygen atoms in total. The summed E-state index contributed by atoms with van der Waals surface area (Å²) in [6, 6.07) is 61.9. The fourth-order valence-corrected chi connectivity index (χ4v) is 9.11. The van der Waals surface area contributed by atoms with Gasteiger partial charge in [0.2, 0.25) is 0 Å². The molecule has 0 atom stereocenters. The predicted octanol–water partition coefficient (Wildman–Crippen LogP) is 16.5. The number of imidazole rings is 1. The van der Waals surface area contributed by atoms with E-state index in [1.807, 2.05) is 66.9 Å². The maximum Gasteiger partial charge on any atom is 2.00 e. The Kier molecular flexibility index (Phi) is 13.9. The predicted molar refractivity (Wildman–Crippen MR) is 271 cm³/mol. The second-order valence-corrected chi connectivity index (χ2v) is 18.3. The minimum atomic E-state index is 0. The summed E-state index contributed by atoms with van der Waals surface area (Å²) in [7, 11) is 0. The monoisotopic (exact) mass is 1050 g/mol. The first kappa shape index (κ1) is 46.7. The van der Waals surface area contributed by atoms with Crippen molar-refractivity contribution in [2.24, 2.45) is 0 Å². The Bertz CT molecular complexity index is 3190. The van der Waals surface area contributed by atoms with Gasteiger partial charge in [0.05, 0.1) is 22.4 Å². The maximum absolute atomic E-state index is 10.5. The van der Waals surface area contributed by atoms with Gasteiger partial charge >= 0.3 is 21.1 Å². The van der Waals surface area contributed by atoms with E-state index in [9.17, 15) is 5.26 Å². The summed E-state index contributed by atoms with van der Waals surface area (Å²) < 4.78 is 8.79. The van der Waals surface area contributed by atoms with Crippen LogP contribution in [0.25, 0.3) is 72.7 Å². The van der Waals surface area contributed by atoms with Crippen molar-refractivity contribution in [2.45, 2.75) is 79.1 Å². The van der Waals surface area contributed by atoms with Crippen molar-refractivity contribution in [2.75, 3.05) is 0 Å². The second kappa shape index (κ2) is 19.9. The number of rotatable bonds is 12. The molecule has 0 fully saturated rings. The number of ether oxygens (including phenoxy) is 1. The smallest absolute Gasteiger partial charge is 0.497 e. The minimum Gasteiger partial charge on any atom is -0.497 e. The van der Waals surface area contributed by atoms with Gasteiger partial charge in [0.1, 0.15) is 6.07 Å². The fourth-order valence-electron chi connectivity index (χ4n) is 9.11. The van der Waals surface area contributed by atoms with E-state index in [0.29, 0.717) is 34.7 Å². The standard InChI is InChI=1S/C61H54N4O.Pt/c1-38(2)52-32-48(42-18-11-9-12-19-42)33-53(39(3)4)58(52)45-28-29-63-57(36-45)44-22-15-25-50(30-44)66-51-26-16-23-46(31-51)61-64-56-27-17-24-47(37-62)59(56)65(61)60-54(40(5)6)34-49(35-55(60)41(7)8)43-20-13-10-14-21-43;/h9-29,32-36,38-41H,1-8H3;/q-2;+2. The van der Waals surface area contributed by atoms with Crippen LogP contribution in [0.15, 0.2) is 158 Å². The van der Waals surface area contributed by atoms with Crippen molar-refractivity contribution < 1.29 is 25.8 Å². The van der Waals surface area contributed by atoms with Crippen LogP contribution in [0.3, 0.4) is 0 Å². The molecule has 0 saturated heterocycles. The molecule has 0 aliphatic carbocycles. The Labute approximate surface area is 410 Å². The van der Waals surface area contributed by atoms with Crippen molar-refractivity contribution in [3.05, 3.63) is 198 Å². The van der Waals surface area contributed by atoms with Crippen LogP contribution in [0.1, 0.15) is 107 Å². The number of hydrogen-bond donors (Lipinski definition) is 0. The molecule has 7 aromatic carbocycles. The molecule has 0 bridgehead atoms. The van der Waals surface area contributed by atoms with Crippen LogP contribution in [0.2, 0.25) is 0 Å². The third-order valence-electron chi connectivity index (χ3n) is 12.4. The molecule has 9 aromatic rings. The normalized spacial score (nSPS) is 11.4. The third-order valence-corrected chi connectivity index (χ3v) is 12.4. The SMILES string of the molecule is CC(C)c1cc(-c2ccccc2)cc(C(C)C)c1-c1ccnc(-c2[c-]c(Oc3[c-]c(-c4nc5cccc(C#N)c5n4-c4c(C(C)C)cc(-c5ccccc5)cc4C(C)C)ccc3)ccc2)c1.[Pt+2]. The molecule has 0 amide bonds. The summed E-state index contributed by atoms with van der Waals surface area (Å²) in [5.41, 5.74) is 17.7. The Morgan fingerprint density at radius 3 is 1.57 bits per heavy atom.